The molecule has 142 valence electrons. The molecule has 0 aromatic heterocycles. The van der Waals surface area contributed by atoms with Gasteiger partial charge in [0, 0.05) is 11.8 Å². The summed E-state index contributed by atoms with van der Waals surface area (Å²) in [6, 6.07) is 0. The lowest BCUT2D eigenvalue weighted by molar-refractivity contribution is -0.137. The minimum atomic E-state index is -0.715. The Kier molecular flexibility index (Phi) is 15.7. The van der Waals surface area contributed by atoms with Gasteiger partial charge in [-0.25, -0.2) is 0 Å². The molecular formula is C22H35BrO2. The largest absolute Gasteiger partial charge is 0.481 e. The summed E-state index contributed by atoms with van der Waals surface area (Å²) >= 11 is 3.48. The minimum Gasteiger partial charge on any atom is -0.481 e. The van der Waals surface area contributed by atoms with Gasteiger partial charge in [0.2, 0.25) is 0 Å². The van der Waals surface area contributed by atoms with Gasteiger partial charge in [0.15, 0.2) is 0 Å². The Hall–Kier alpha value is -1.09. The van der Waals surface area contributed by atoms with Crippen molar-refractivity contribution in [3.63, 3.8) is 0 Å². The molecule has 0 heterocycles. The third-order valence-corrected chi connectivity index (χ3v) is 4.41. The fraction of sp³-hybridized carbons (Fsp3) is 0.591. The van der Waals surface area contributed by atoms with Crippen molar-refractivity contribution in [1.29, 1.82) is 0 Å². The quantitative estimate of drug-likeness (QED) is 0.175. The number of hydrogen-bond donors (Lipinski definition) is 1. The molecule has 0 rings (SSSR count). The number of halogens is 1. The lowest BCUT2D eigenvalue weighted by atomic mass is 9.87. The number of unbranched alkanes of at least 4 members (excludes halogenated alkanes) is 2. The predicted molar refractivity (Wildman–Crippen MR) is 113 cm³/mol. The highest BCUT2D eigenvalue weighted by atomic mass is 79.9. The van der Waals surface area contributed by atoms with Crippen LogP contribution in [0.2, 0.25) is 0 Å². The maximum absolute atomic E-state index is 10.4. The Morgan fingerprint density at radius 1 is 0.880 bits per heavy atom. The number of hydrogen-bond acceptors (Lipinski definition) is 1. The average molecular weight is 411 g/mol. The van der Waals surface area contributed by atoms with E-state index in [0.717, 1.165) is 37.4 Å². The van der Waals surface area contributed by atoms with Gasteiger partial charge < -0.3 is 5.11 Å². The molecule has 0 amide bonds. The van der Waals surface area contributed by atoms with Crippen molar-refractivity contribution in [2.45, 2.75) is 71.6 Å². The van der Waals surface area contributed by atoms with E-state index in [2.05, 4.69) is 78.4 Å². The molecule has 0 unspecified atom stereocenters. The Bertz CT molecular complexity index is 445. The number of carboxylic acids is 1. The highest BCUT2D eigenvalue weighted by Crippen LogP contribution is 2.25. The Morgan fingerprint density at radius 3 is 2.00 bits per heavy atom. The van der Waals surface area contributed by atoms with Crippen LogP contribution in [0.25, 0.3) is 0 Å². The molecule has 0 aromatic carbocycles. The number of carbonyl (C=O) groups is 1. The van der Waals surface area contributed by atoms with Crippen molar-refractivity contribution in [3.05, 3.63) is 48.6 Å². The molecule has 0 aliphatic rings. The van der Waals surface area contributed by atoms with Gasteiger partial charge in [-0.15, -0.1) is 0 Å². The summed E-state index contributed by atoms with van der Waals surface area (Å²) in [5.74, 6) is -0.715. The molecule has 0 fully saturated rings. The smallest absolute Gasteiger partial charge is 0.303 e. The molecule has 0 spiro atoms. The maximum atomic E-state index is 10.4. The normalized spacial score (nSPS) is 13.1. The van der Waals surface area contributed by atoms with Crippen LogP contribution in [0.4, 0.5) is 0 Å². The summed E-state index contributed by atoms with van der Waals surface area (Å²) in [6.45, 7) is 4.61. The van der Waals surface area contributed by atoms with Crippen LogP contribution >= 0.6 is 15.9 Å². The van der Waals surface area contributed by atoms with Crippen molar-refractivity contribution in [1.82, 2.24) is 0 Å². The average Bonchev–Trinajstić information content (AvgIpc) is 2.55. The van der Waals surface area contributed by atoms with Crippen LogP contribution < -0.4 is 0 Å². The Morgan fingerprint density at radius 2 is 1.44 bits per heavy atom. The summed E-state index contributed by atoms with van der Waals surface area (Å²) in [5.41, 5.74) is 0.298. The van der Waals surface area contributed by atoms with Gasteiger partial charge in [-0.1, -0.05) is 84.8 Å². The summed E-state index contributed by atoms with van der Waals surface area (Å²) in [4.78, 5) is 10.4. The van der Waals surface area contributed by atoms with Gasteiger partial charge in [0.05, 0.1) is 0 Å². The molecule has 0 aliphatic carbocycles. The number of rotatable bonds is 15. The molecule has 0 atom stereocenters. The molecule has 0 saturated heterocycles. The van der Waals surface area contributed by atoms with Gasteiger partial charge in [0.25, 0.3) is 0 Å². The van der Waals surface area contributed by atoms with E-state index in [1.807, 2.05) is 0 Å². The summed E-state index contributed by atoms with van der Waals surface area (Å²) < 4.78 is 0. The number of aliphatic carboxylic acids is 1. The van der Waals surface area contributed by atoms with Crippen LogP contribution in [0.3, 0.4) is 0 Å². The van der Waals surface area contributed by atoms with E-state index in [-0.39, 0.29) is 6.42 Å². The Labute approximate surface area is 162 Å². The fourth-order valence-electron chi connectivity index (χ4n) is 2.35. The van der Waals surface area contributed by atoms with E-state index >= 15 is 0 Å². The molecule has 1 N–H and O–H groups in total. The molecule has 2 nitrogen and oxygen atoms in total. The topological polar surface area (TPSA) is 37.3 Å². The zero-order valence-corrected chi connectivity index (χ0v) is 17.5. The second-order valence-electron chi connectivity index (χ2n) is 6.94. The van der Waals surface area contributed by atoms with Crippen LogP contribution in [0.15, 0.2) is 48.6 Å². The first-order chi connectivity index (χ1) is 12.0. The fourth-order valence-corrected chi connectivity index (χ4v) is 2.75. The molecule has 0 aromatic rings. The molecule has 0 radical (unpaired) electrons. The molecule has 3 heteroatoms. The lowest BCUT2D eigenvalue weighted by Gasteiger charge is -2.19. The number of allylic oxidation sites excluding steroid dienone is 8. The van der Waals surface area contributed by atoms with E-state index in [1.165, 1.54) is 19.3 Å². The van der Waals surface area contributed by atoms with Crippen LogP contribution in [-0.2, 0) is 4.79 Å². The molecule has 25 heavy (non-hydrogen) atoms. The third-order valence-electron chi connectivity index (χ3n) is 3.85. The summed E-state index contributed by atoms with van der Waals surface area (Å²) in [6.07, 6.45) is 26.0. The maximum Gasteiger partial charge on any atom is 0.303 e. The molecular weight excluding hydrogens is 376 g/mol. The summed E-state index contributed by atoms with van der Waals surface area (Å²) in [7, 11) is 0. The lowest BCUT2D eigenvalue weighted by Crippen LogP contribution is -2.06. The summed E-state index contributed by atoms with van der Waals surface area (Å²) in [5, 5.41) is 9.63. The van der Waals surface area contributed by atoms with Gasteiger partial charge >= 0.3 is 5.97 Å². The first kappa shape index (κ1) is 23.9. The van der Waals surface area contributed by atoms with E-state index < -0.39 is 5.97 Å². The highest BCUT2D eigenvalue weighted by molar-refractivity contribution is 9.09. The zero-order chi connectivity index (χ0) is 18.8. The highest BCUT2D eigenvalue weighted by Gasteiger charge is 2.12. The van der Waals surface area contributed by atoms with Gasteiger partial charge in [-0.2, -0.15) is 0 Å². The van der Waals surface area contributed by atoms with Gasteiger partial charge in [0.1, 0.15) is 0 Å². The molecule has 0 aliphatic heterocycles. The van der Waals surface area contributed by atoms with Gasteiger partial charge in [-0.3, -0.25) is 4.79 Å². The first-order valence-electron chi connectivity index (χ1n) is 9.38. The second-order valence-corrected chi connectivity index (χ2v) is 7.74. The minimum absolute atomic E-state index is 0.257. The SMILES string of the molecule is CC(C)(/C=C\C/C=C\C/C=C\C/C=C\CCCC(=O)O)CCCCBr. The zero-order valence-electron chi connectivity index (χ0n) is 15.9. The van der Waals surface area contributed by atoms with Crippen molar-refractivity contribution in [2.75, 3.05) is 5.33 Å². The van der Waals surface area contributed by atoms with Crippen molar-refractivity contribution in [2.24, 2.45) is 5.41 Å². The van der Waals surface area contributed by atoms with Crippen molar-refractivity contribution in [3.8, 4) is 0 Å². The van der Waals surface area contributed by atoms with Crippen LogP contribution in [0, 0.1) is 5.41 Å². The first-order valence-corrected chi connectivity index (χ1v) is 10.5. The number of carboxylic acid groups (broad SMARTS) is 1. The number of alkyl halides is 1. The van der Waals surface area contributed by atoms with Crippen LogP contribution in [-0.4, -0.2) is 16.4 Å². The van der Waals surface area contributed by atoms with Crippen molar-refractivity contribution < 1.29 is 9.90 Å². The van der Waals surface area contributed by atoms with E-state index in [0.29, 0.717) is 5.41 Å². The van der Waals surface area contributed by atoms with E-state index in [9.17, 15) is 4.79 Å². The predicted octanol–water partition coefficient (Wildman–Crippen LogP) is 7.23. The van der Waals surface area contributed by atoms with E-state index in [4.69, 9.17) is 5.11 Å². The second kappa shape index (κ2) is 16.4. The van der Waals surface area contributed by atoms with Crippen molar-refractivity contribution >= 4 is 21.9 Å². The molecule has 0 saturated carbocycles. The van der Waals surface area contributed by atoms with Crippen LogP contribution in [0.5, 0.6) is 0 Å². The molecule has 0 bridgehead atoms. The van der Waals surface area contributed by atoms with E-state index in [1.54, 1.807) is 0 Å². The monoisotopic (exact) mass is 410 g/mol. The Balaban J connectivity index is 3.69. The van der Waals surface area contributed by atoms with Crippen LogP contribution in [0.1, 0.15) is 71.6 Å². The standard InChI is InChI=1S/C22H35BrO2/c1-22(2,19-15-16-20-23)18-14-12-10-8-6-4-3-5-7-9-11-13-17-21(24)25/h3-4,7-10,14,18H,5-6,11-13,15-17,19-20H2,1-2H3,(H,24,25)/b4-3-,9-7-,10-8-,18-14-. The van der Waals surface area contributed by atoms with Gasteiger partial charge in [-0.05, 0) is 50.4 Å². The third kappa shape index (κ3) is 19.1.